The van der Waals surface area contributed by atoms with Crippen molar-refractivity contribution in [2.75, 3.05) is 25.6 Å². The van der Waals surface area contributed by atoms with Crippen molar-refractivity contribution in [2.45, 2.75) is 25.5 Å². The SMILES string of the molecule is CC(C)(CSC(COO)CC(=O)O)C(=O)OCCOc1ccccc1. The zero-order chi connectivity index (χ0) is 18.7. The number of benzene rings is 1. The minimum atomic E-state index is -0.993. The van der Waals surface area contributed by atoms with Crippen molar-refractivity contribution in [3.8, 4) is 5.75 Å². The molecule has 1 aromatic rings. The molecule has 0 radical (unpaired) electrons. The van der Waals surface area contributed by atoms with Gasteiger partial charge in [0, 0.05) is 11.0 Å². The van der Waals surface area contributed by atoms with Crippen LogP contribution in [0.2, 0.25) is 0 Å². The van der Waals surface area contributed by atoms with Gasteiger partial charge in [-0.3, -0.25) is 14.8 Å². The van der Waals surface area contributed by atoms with E-state index < -0.39 is 22.6 Å². The van der Waals surface area contributed by atoms with Gasteiger partial charge in [-0.1, -0.05) is 18.2 Å². The van der Waals surface area contributed by atoms with E-state index in [2.05, 4.69) is 4.89 Å². The van der Waals surface area contributed by atoms with E-state index >= 15 is 0 Å². The Morgan fingerprint density at radius 2 is 1.88 bits per heavy atom. The molecule has 0 aliphatic carbocycles. The van der Waals surface area contributed by atoms with Gasteiger partial charge in [0.25, 0.3) is 0 Å². The summed E-state index contributed by atoms with van der Waals surface area (Å²) in [5, 5.41) is 16.9. The van der Waals surface area contributed by atoms with Gasteiger partial charge in [-0.15, -0.1) is 0 Å². The molecule has 0 fully saturated rings. The summed E-state index contributed by atoms with van der Waals surface area (Å²) in [7, 11) is 0. The van der Waals surface area contributed by atoms with Gasteiger partial charge in [0.15, 0.2) is 0 Å². The Balaban J connectivity index is 2.35. The van der Waals surface area contributed by atoms with Gasteiger partial charge in [0.05, 0.1) is 18.4 Å². The average Bonchev–Trinajstić information content (AvgIpc) is 2.57. The highest BCUT2D eigenvalue weighted by molar-refractivity contribution is 8.00. The molecule has 8 heteroatoms. The van der Waals surface area contributed by atoms with E-state index in [1.165, 1.54) is 11.8 Å². The topological polar surface area (TPSA) is 102 Å². The highest BCUT2D eigenvalue weighted by atomic mass is 32.2. The molecule has 0 amide bonds. The third-order valence-corrected chi connectivity index (χ3v) is 4.89. The lowest BCUT2D eigenvalue weighted by Gasteiger charge is -2.24. The van der Waals surface area contributed by atoms with Crippen LogP contribution in [0.1, 0.15) is 20.3 Å². The minimum absolute atomic E-state index is 0.118. The Bertz CT molecular complexity index is 533. The fourth-order valence-electron chi connectivity index (χ4n) is 1.83. The molecule has 0 saturated heterocycles. The van der Waals surface area contributed by atoms with Crippen LogP contribution < -0.4 is 4.74 Å². The molecule has 0 heterocycles. The molecule has 2 N–H and O–H groups in total. The second-order valence-corrected chi connectivity index (χ2v) is 7.30. The summed E-state index contributed by atoms with van der Waals surface area (Å²) >= 11 is 1.25. The molecule has 140 valence electrons. The predicted molar refractivity (Wildman–Crippen MR) is 93.8 cm³/mol. The molecule has 0 aliphatic rings. The Labute approximate surface area is 151 Å². The summed E-state index contributed by atoms with van der Waals surface area (Å²) in [5.41, 5.74) is -0.802. The van der Waals surface area contributed by atoms with E-state index in [0.29, 0.717) is 11.5 Å². The van der Waals surface area contributed by atoms with Gasteiger partial charge in [-0.25, -0.2) is 4.89 Å². The summed E-state index contributed by atoms with van der Waals surface area (Å²) < 4.78 is 10.7. The van der Waals surface area contributed by atoms with E-state index in [1.54, 1.807) is 13.8 Å². The van der Waals surface area contributed by atoms with Gasteiger partial charge in [0.2, 0.25) is 0 Å². The smallest absolute Gasteiger partial charge is 0.312 e. The van der Waals surface area contributed by atoms with Crippen molar-refractivity contribution in [2.24, 2.45) is 5.41 Å². The molecule has 1 atom stereocenters. The van der Waals surface area contributed by atoms with Gasteiger partial charge in [-0.2, -0.15) is 11.8 Å². The first-order valence-corrected chi connectivity index (χ1v) is 8.85. The van der Waals surface area contributed by atoms with E-state index in [9.17, 15) is 9.59 Å². The summed E-state index contributed by atoms with van der Waals surface area (Å²) in [6.07, 6.45) is -0.165. The number of para-hydroxylation sites is 1. The molecule has 0 aromatic heterocycles. The Morgan fingerprint density at radius 1 is 1.20 bits per heavy atom. The molecular weight excluding hydrogens is 348 g/mol. The quantitative estimate of drug-likeness (QED) is 0.250. The third kappa shape index (κ3) is 8.76. The average molecular weight is 372 g/mol. The molecule has 7 nitrogen and oxygen atoms in total. The first-order chi connectivity index (χ1) is 11.8. The number of carbonyl (C=O) groups excluding carboxylic acids is 1. The van der Waals surface area contributed by atoms with Gasteiger partial charge < -0.3 is 14.6 Å². The maximum atomic E-state index is 12.2. The lowest BCUT2D eigenvalue weighted by molar-refractivity contribution is -0.241. The molecule has 0 saturated carbocycles. The summed E-state index contributed by atoms with van der Waals surface area (Å²) in [6, 6.07) is 9.21. The van der Waals surface area contributed by atoms with Gasteiger partial charge in [-0.05, 0) is 26.0 Å². The van der Waals surface area contributed by atoms with Crippen molar-refractivity contribution in [3.63, 3.8) is 0 Å². The van der Waals surface area contributed by atoms with Crippen LogP contribution in [-0.2, 0) is 19.2 Å². The maximum absolute atomic E-state index is 12.2. The van der Waals surface area contributed by atoms with Crippen molar-refractivity contribution in [1.82, 2.24) is 0 Å². The maximum Gasteiger partial charge on any atom is 0.312 e. The van der Waals surface area contributed by atoms with Crippen molar-refractivity contribution in [1.29, 1.82) is 0 Å². The number of carboxylic acid groups (broad SMARTS) is 1. The molecule has 0 aliphatic heterocycles. The number of rotatable bonds is 12. The van der Waals surface area contributed by atoms with Crippen molar-refractivity contribution >= 4 is 23.7 Å². The number of thioether (sulfide) groups is 1. The largest absolute Gasteiger partial charge is 0.490 e. The van der Waals surface area contributed by atoms with Gasteiger partial charge in [0.1, 0.15) is 19.0 Å². The first-order valence-electron chi connectivity index (χ1n) is 7.80. The van der Waals surface area contributed by atoms with Crippen LogP contribution in [0.25, 0.3) is 0 Å². The summed E-state index contributed by atoms with van der Waals surface area (Å²) in [5.74, 6) is -0.343. The van der Waals surface area contributed by atoms with E-state index in [0.717, 1.165) is 0 Å². The van der Waals surface area contributed by atoms with E-state index in [4.69, 9.17) is 19.8 Å². The monoisotopic (exact) mass is 372 g/mol. The first kappa shape index (κ1) is 21.3. The fourth-order valence-corrected chi connectivity index (χ4v) is 3.02. The second kappa shape index (κ2) is 11.0. The van der Waals surface area contributed by atoms with Crippen LogP contribution in [0.5, 0.6) is 5.75 Å². The number of hydrogen-bond acceptors (Lipinski definition) is 7. The standard InChI is InChI=1S/C17H24O7S/c1-17(2,12-25-14(11-24-21)10-15(18)19)16(20)23-9-8-22-13-6-4-3-5-7-13/h3-7,14,21H,8-12H2,1-2H3,(H,18,19). The highest BCUT2D eigenvalue weighted by Crippen LogP contribution is 2.27. The van der Waals surface area contributed by atoms with Crippen LogP contribution in [0.15, 0.2) is 30.3 Å². The Kier molecular flexibility index (Phi) is 9.33. The lowest BCUT2D eigenvalue weighted by atomic mass is 9.97. The van der Waals surface area contributed by atoms with Gasteiger partial charge >= 0.3 is 11.9 Å². The molecule has 1 aromatic carbocycles. The van der Waals surface area contributed by atoms with E-state index in [1.807, 2.05) is 30.3 Å². The molecule has 0 bridgehead atoms. The Morgan fingerprint density at radius 3 is 2.48 bits per heavy atom. The minimum Gasteiger partial charge on any atom is -0.490 e. The number of esters is 1. The summed E-state index contributed by atoms with van der Waals surface area (Å²) in [4.78, 5) is 27.0. The summed E-state index contributed by atoms with van der Waals surface area (Å²) in [6.45, 7) is 3.70. The number of carboxylic acids is 1. The number of carbonyl (C=O) groups is 2. The molecule has 0 spiro atoms. The van der Waals surface area contributed by atoms with Crippen LogP contribution in [0.3, 0.4) is 0 Å². The number of aliphatic carboxylic acids is 1. The fraction of sp³-hybridized carbons (Fsp3) is 0.529. The third-order valence-electron chi connectivity index (χ3n) is 3.22. The second-order valence-electron chi connectivity index (χ2n) is 6.01. The Hall–Kier alpha value is -1.77. The molecule has 25 heavy (non-hydrogen) atoms. The van der Waals surface area contributed by atoms with Crippen molar-refractivity contribution < 1.29 is 34.3 Å². The zero-order valence-electron chi connectivity index (χ0n) is 14.3. The lowest BCUT2D eigenvalue weighted by Crippen LogP contribution is -2.32. The van der Waals surface area contributed by atoms with Crippen molar-refractivity contribution in [3.05, 3.63) is 30.3 Å². The van der Waals surface area contributed by atoms with Crippen LogP contribution in [-0.4, -0.2) is 53.1 Å². The van der Waals surface area contributed by atoms with Crippen LogP contribution in [0.4, 0.5) is 0 Å². The zero-order valence-corrected chi connectivity index (χ0v) is 15.2. The molecule has 1 unspecified atom stereocenters. The normalized spacial score (nSPS) is 12.4. The molecule has 1 rings (SSSR count). The van der Waals surface area contributed by atoms with Crippen LogP contribution >= 0.6 is 11.8 Å². The highest BCUT2D eigenvalue weighted by Gasteiger charge is 2.31. The number of ether oxygens (including phenoxy) is 2. The predicted octanol–water partition coefficient (Wildman–Crippen LogP) is 2.70. The molecular formula is C17H24O7S. The van der Waals surface area contributed by atoms with Crippen LogP contribution in [0, 0.1) is 5.41 Å². The van der Waals surface area contributed by atoms with E-state index in [-0.39, 0.29) is 26.2 Å². The number of hydrogen-bond donors (Lipinski definition) is 2.